The molecule has 0 aliphatic carbocycles. The van der Waals surface area contributed by atoms with E-state index >= 15 is 0 Å². The van der Waals surface area contributed by atoms with Gasteiger partial charge < -0.3 is 4.43 Å². The zero-order valence-electron chi connectivity index (χ0n) is 8.89. The van der Waals surface area contributed by atoms with Crippen molar-refractivity contribution in [3.05, 3.63) is 12.2 Å². The second-order valence-corrected chi connectivity index (χ2v) is 3.97. The van der Waals surface area contributed by atoms with Crippen LogP contribution in [-0.4, -0.2) is 16.6 Å². The lowest BCUT2D eigenvalue weighted by Gasteiger charge is -2.19. The summed E-state index contributed by atoms with van der Waals surface area (Å²) in [4.78, 5) is 0. The third-order valence-electron chi connectivity index (χ3n) is 2.50. The molecule has 12 heavy (non-hydrogen) atoms. The summed E-state index contributed by atoms with van der Waals surface area (Å²) in [5.74, 6) is 0.619. The third-order valence-corrected chi connectivity index (χ3v) is 3.21. The fraction of sp³-hybridized carbons (Fsp3) is 0.800. The summed E-state index contributed by atoms with van der Waals surface area (Å²) in [6.07, 6.45) is 4.09. The first-order valence-corrected chi connectivity index (χ1v) is 5.66. The first-order valence-electron chi connectivity index (χ1n) is 4.84. The van der Waals surface area contributed by atoms with Gasteiger partial charge in [-0.15, -0.1) is 0 Å². The quantitative estimate of drug-likeness (QED) is 0.456. The summed E-state index contributed by atoms with van der Waals surface area (Å²) in [5.41, 5.74) is 1.26. The molecule has 0 aromatic carbocycles. The zero-order chi connectivity index (χ0) is 9.56. The van der Waals surface area contributed by atoms with E-state index in [0.717, 1.165) is 10.5 Å². The van der Waals surface area contributed by atoms with Gasteiger partial charge in [0.1, 0.15) is 10.5 Å². The molecule has 0 heterocycles. The Labute approximate surface area is 79.7 Å². The summed E-state index contributed by atoms with van der Waals surface area (Å²) in [6, 6.07) is 0. The van der Waals surface area contributed by atoms with Gasteiger partial charge in [-0.3, -0.25) is 0 Å². The number of unbranched alkanes of at least 4 members (excludes halogenated alkanes) is 1. The minimum absolute atomic E-state index is 0.267. The molecule has 0 radical (unpaired) electrons. The third kappa shape index (κ3) is 4.07. The van der Waals surface area contributed by atoms with Crippen LogP contribution in [0.3, 0.4) is 0 Å². The molecule has 0 fully saturated rings. The number of hydrogen-bond acceptors (Lipinski definition) is 1. The van der Waals surface area contributed by atoms with Crippen LogP contribution in [0.2, 0.25) is 0 Å². The van der Waals surface area contributed by atoms with Crippen molar-refractivity contribution in [2.45, 2.75) is 46.1 Å². The van der Waals surface area contributed by atoms with Gasteiger partial charge >= 0.3 is 0 Å². The average Bonchev–Trinajstić information content (AvgIpc) is 2.11. The van der Waals surface area contributed by atoms with Crippen molar-refractivity contribution >= 4 is 10.5 Å². The van der Waals surface area contributed by atoms with Gasteiger partial charge in [-0.1, -0.05) is 33.3 Å². The molecule has 0 N–H and O–H groups in total. The van der Waals surface area contributed by atoms with E-state index in [4.69, 9.17) is 4.43 Å². The lowest BCUT2D eigenvalue weighted by Crippen LogP contribution is -2.14. The molecule has 0 aliphatic heterocycles. The number of hydrogen-bond donors (Lipinski definition) is 0. The standard InChI is InChI=1S/C10H22OSi/c1-5-6-7-8(2)9(3)10(4)11-12/h8,10H,3,5-7H2,1-2,4,12H3. The zero-order valence-corrected chi connectivity index (χ0v) is 10.9. The van der Waals surface area contributed by atoms with Crippen LogP contribution in [0.5, 0.6) is 0 Å². The van der Waals surface area contributed by atoms with Crippen LogP contribution >= 0.6 is 0 Å². The minimum atomic E-state index is 0.267. The van der Waals surface area contributed by atoms with E-state index in [9.17, 15) is 0 Å². The average molecular weight is 186 g/mol. The lowest BCUT2D eigenvalue weighted by atomic mass is 9.93. The largest absolute Gasteiger partial charge is 0.422 e. The summed E-state index contributed by atoms with van der Waals surface area (Å²) in [6.45, 7) is 10.6. The second kappa shape index (κ2) is 6.43. The van der Waals surface area contributed by atoms with Gasteiger partial charge in [0.2, 0.25) is 0 Å². The van der Waals surface area contributed by atoms with Crippen molar-refractivity contribution in [3.8, 4) is 0 Å². The van der Waals surface area contributed by atoms with Crippen molar-refractivity contribution in [1.29, 1.82) is 0 Å². The smallest absolute Gasteiger partial charge is 0.146 e. The molecule has 0 bridgehead atoms. The maximum absolute atomic E-state index is 5.35. The van der Waals surface area contributed by atoms with Crippen molar-refractivity contribution < 1.29 is 4.43 Å². The van der Waals surface area contributed by atoms with E-state index < -0.39 is 0 Å². The van der Waals surface area contributed by atoms with Gasteiger partial charge in [0.05, 0.1) is 6.10 Å². The Hall–Kier alpha value is -0.0831. The molecule has 0 saturated carbocycles. The van der Waals surface area contributed by atoms with E-state index in [2.05, 4.69) is 27.4 Å². The second-order valence-electron chi connectivity index (χ2n) is 3.50. The Kier molecular flexibility index (Phi) is 6.39. The first-order chi connectivity index (χ1) is 5.63. The van der Waals surface area contributed by atoms with Crippen molar-refractivity contribution in [1.82, 2.24) is 0 Å². The highest BCUT2D eigenvalue weighted by molar-refractivity contribution is 5.98. The maximum atomic E-state index is 5.35. The maximum Gasteiger partial charge on any atom is 0.146 e. The Morgan fingerprint density at radius 1 is 1.50 bits per heavy atom. The topological polar surface area (TPSA) is 9.23 Å². The predicted octanol–water partition coefficient (Wildman–Crippen LogP) is 2.05. The van der Waals surface area contributed by atoms with Crippen molar-refractivity contribution in [2.24, 2.45) is 5.92 Å². The van der Waals surface area contributed by atoms with Crippen LogP contribution in [-0.2, 0) is 4.43 Å². The molecule has 0 rings (SSSR count). The van der Waals surface area contributed by atoms with Crippen LogP contribution < -0.4 is 0 Å². The van der Waals surface area contributed by atoms with Gasteiger partial charge in [-0.25, -0.2) is 0 Å². The van der Waals surface area contributed by atoms with Crippen LogP contribution in [0, 0.1) is 5.92 Å². The molecular weight excluding hydrogens is 164 g/mol. The van der Waals surface area contributed by atoms with Gasteiger partial charge in [-0.05, 0) is 24.8 Å². The Morgan fingerprint density at radius 2 is 2.08 bits per heavy atom. The monoisotopic (exact) mass is 186 g/mol. The molecule has 0 aliphatic rings. The van der Waals surface area contributed by atoms with E-state index in [1.54, 1.807) is 0 Å². The summed E-state index contributed by atoms with van der Waals surface area (Å²) in [5, 5.41) is 0. The van der Waals surface area contributed by atoms with E-state index in [1.165, 1.54) is 24.8 Å². The van der Waals surface area contributed by atoms with Crippen LogP contribution in [0.1, 0.15) is 40.0 Å². The summed E-state index contributed by atoms with van der Waals surface area (Å²) < 4.78 is 5.35. The predicted molar refractivity (Wildman–Crippen MR) is 58.3 cm³/mol. The summed E-state index contributed by atoms with van der Waals surface area (Å²) in [7, 11) is 0.811. The van der Waals surface area contributed by atoms with Crippen LogP contribution in [0.15, 0.2) is 12.2 Å². The Balaban J connectivity index is 3.75. The highest BCUT2D eigenvalue weighted by Gasteiger charge is 2.11. The van der Waals surface area contributed by atoms with Crippen molar-refractivity contribution in [2.75, 3.05) is 0 Å². The normalized spacial score (nSPS) is 15.9. The highest BCUT2D eigenvalue weighted by Crippen LogP contribution is 2.19. The molecule has 0 aromatic rings. The SMILES string of the molecule is C=C(C(C)CCCC)C(C)O[SiH3]. The molecular formula is C10H22OSi. The van der Waals surface area contributed by atoms with Gasteiger partial charge in [0, 0.05) is 0 Å². The molecule has 2 heteroatoms. The highest BCUT2D eigenvalue weighted by atomic mass is 28.2. The van der Waals surface area contributed by atoms with Gasteiger partial charge in [0.15, 0.2) is 0 Å². The molecule has 0 aromatic heterocycles. The first kappa shape index (κ1) is 11.9. The molecule has 72 valence electrons. The summed E-state index contributed by atoms with van der Waals surface area (Å²) >= 11 is 0. The van der Waals surface area contributed by atoms with E-state index in [-0.39, 0.29) is 6.10 Å². The molecule has 0 saturated heterocycles. The van der Waals surface area contributed by atoms with E-state index in [1.807, 2.05) is 0 Å². The van der Waals surface area contributed by atoms with Crippen molar-refractivity contribution in [3.63, 3.8) is 0 Å². The molecule has 2 atom stereocenters. The van der Waals surface area contributed by atoms with Gasteiger partial charge in [0.25, 0.3) is 0 Å². The Morgan fingerprint density at radius 3 is 2.50 bits per heavy atom. The lowest BCUT2D eigenvalue weighted by molar-refractivity contribution is 0.265. The van der Waals surface area contributed by atoms with Crippen LogP contribution in [0.4, 0.5) is 0 Å². The van der Waals surface area contributed by atoms with Crippen LogP contribution in [0.25, 0.3) is 0 Å². The number of rotatable bonds is 6. The molecule has 0 amide bonds. The molecule has 1 nitrogen and oxygen atoms in total. The fourth-order valence-corrected chi connectivity index (χ4v) is 1.55. The molecule has 2 unspecified atom stereocenters. The van der Waals surface area contributed by atoms with Gasteiger partial charge in [-0.2, -0.15) is 0 Å². The molecule has 0 spiro atoms. The fourth-order valence-electron chi connectivity index (χ4n) is 1.25. The van der Waals surface area contributed by atoms with E-state index in [0.29, 0.717) is 5.92 Å². The Bertz CT molecular complexity index is 134. The minimum Gasteiger partial charge on any atom is -0.422 e.